The SMILES string of the molecule is Cn1nnnc1SCC1=C(C(=O)OC(c2ccccc2)c2ccccc2)N2C(=O)C(NC(=O)C(=CBr)c3csc(N)n3)[C@H]2SC1. The molecular formula is C29H25BrN8O4S3. The summed E-state index contributed by atoms with van der Waals surface area (Å²) < 4.78 is 7.75. The van der Waals surface area contributed by atoms with Crippen molar-refractivity contribution in [2.24, 2.45) is 7.05 Å². The van der Waals surface area contributed by atoms with Crippen LogP contribution in [0.4, 0.5) is 5.13 Å². The Morgan fingerprint density at radius 3 is 2.44 bits per heavy atom. The number of nitrogens with zero attached hydrogens (tertiary/aromatic N) is 6. The molecule has 1 fully saturated rings. The van der Waals surface area contributed by atoms with E-state index in [0.29, 0.717) is 33.1 Å². The van der Waals surface area contributed by atoms with E-state index < -0.39 is 35.3 Å². The Bertz CT molecular complexity index is 1760. The first kappa shape index (κ1) is 31.0. The van der Waals surface area contributed by atoms with Gasteiger partial charge in [0.1, 0.15) is 17.1 Å². The summed E-state index contributed by atoms with van der Waals surface area (Å²) in [5.74, 6) is -0.773. The third-order valence-electron chi connectivity index (χ3n) is 7.07. The van der Waals surface area contributed by atoms with E-state index in [1.54, 1.807) is 12.4 Å². The molecule has 16 heteroatoms. The smallest absolute Gasteiger partial charge is 0.356 e. The molecule has 0 aliphatic carbocycles. The fraction of sp³-hybridized carbons (Fsp3) is 0.207. The number of nitrogens with one attached hydrogen (secondary N) is 1. The fourth-order valence-corrected chi connectivity index (χ4v) is 8.22. The molecule has 2 atom stereocenters. The Balaban J connectivity index is 1.28. The lowest BCUT2D eigenvalue weighted by Gasteiger charge is -2.49. The molecule has 2 amide bonds. The van der Waals surface area contributed by atoms with Crippen molar-refractivity contribution >= 4 is 79.3 Å². The van der Waals surface area contributed by atoms with Gasteiger partial charge in [-0.3, -0.25) is 14.5 Å². The molecule has 4 aromatic rings. The molecule has 0 bridgehead atoms. The molecule has 2 aromatic heterocycles. The zero-order valence-corrected chi connectivity index (χ0v) is 27.6. The fourth-order valence-electron chi connectivity index (χ4n) is 4.88. The van der Waals surface area contributed by atoms with E-state index in [9.17, 15) is 14.4 Å². The highest BCUT2D eigenvalue weighted by Crippen LogP contribution is 2.43. The highest BCUT2D eigenvalue weighted by molar-refractivity contribution is 9.11. The van der Waals surface area contributed by atoms with Crippen LogP contribution in [0.5, 0.6) is 0 Å². The van der Waals surface area contributed by atoms with E-state index in [1.807, 2.05) is 60.7 Å². The van der Waals surface area contributed by atoms with Gasteiger partial charge >= 0.3 is 5.97 Å². The average Bonchev–Trinajstić information content (AvgIpc) is 3.69. The molecule has 4 heterocycles. The zero-order valence-electron chi connectivity index (χ0n) is 23.6. The summed E-state index contributed by atoms with van der Waals surface area (Å²) >= 11 is 7.24. The Morgan fingerprint density at radius 2 is 1.87 bits per heavy atom. The number of carbonyl (C=O) groups excluding carboxylic acids is 3. The van der Waals surface area contributed by atoms with E-state index >= 15 is 0 Å². The molecule has 0 radical (unpaired) electrons. The quantitative estimate of drug-likeness (QED) is 0.106. The van der Waals surface area contributed by atoms with Gasteiger partial charge in [-0.05, 0) is 32.1 Å². The molecule has 2 aliphatic heterocycles. The highest BCUT2D eigenvalue weighted by Gasteiger charge is 2.54. The van der Waals surface area contributed by atoms with E-state index in [4.69, 9.17) is 10.5 Å². The van der Waals surface area contributed by atoms with Gasteiger partial charge in [0.05, 0.1) is 11.3 Å². The predicted octanol–water partition coefficient (Wildman–Crippen LogP) is 3.76. The molecule has 1 unspecified atom stereocenters. The van der Waals surface area contributed by atoms with Gasteiger partial charge < -0.3 is 15.8 Å². The van der Waals surface area contributed by atoms with E-state index in [0.717, 1.165) is 11.1 Å². The third kappa shape index (κ3) is 6.40. The molecule has 12 nitrogen and oxygen atoms in total. The number of tetrazole rings is 1. The van der Waals surface area contributed by atoms with Gasteiger partial charge in [-0.15, -0.1) is 28.2 Å². The van der Waals surface area contributed by atoms with Gasteiger partial charge in [-0.25, -0.2) is 14.5 Å². The summed E-state index contributed by atoms with van der Waals surface area (Å²) in [6.45, 7) is 0. The van der Waals surface area contributed by atoms with E-state index in [2.05, 4.69) is 41.8 Å². The standard InChI is InChI=1S/C29H25BrN8O4S3/c1-37-29(34-35-36-37)45-14-18-13-43-26-21(33-24(39)19(12-30)20-15-44-28(31)32-20)25(40)38(26)22(18)27(41)42-23(16-8-4-2-5-9-16)17-10-6-3-7-11-17/h2-12,15,21,23,26H,13-14H2,1H3,(H2,31,32)(H,33,39)/t21?,26-/m1/s1. The summed E-state index contributed by atoms with van der Waals surface area (Å²) in [6.07, 6.45) is -0.707. The van der Waals surface area contributed by atoms with Crippen molar-refractivity contribution in [3.8, 4) is 0 Å². The van der Waals surface area contributed by atoms with Crippen LogP contribution in [0.1, 0.15) is 22.9 Å². The van der Waals surface area contributed by atoms with Crippen LogP contribution in [-0.4, -0.2) is 70.8 Å². The topological polar surface area (TPSA) is 158 Å². The second kappa shape index (κ2) is 13.6. The number of hydrogen-bond acceptors (Lipinski definition) is 12. The second-order valence-corrected chi connectivity index (χ2v) is 13.3. The Morgan fingerprint density at radius 1 is 1.18 bits per heavy atom. The maximum absolute atomic E-state index is 14.1. The van der Waals surface area contributed by atoms with Gasteiger partial charge in [-0.1, -0.05) is 88.4 Å². The number of thiazole rings is 1. The van der Waals surface area contributed by atoms with Crippen molar-refractivity contribution in [3.63, 3.8) is 0 Å². The number of aryl methyl sites for hydroxylation is 1. The monoisotopic (exact) mass is 724 g/mol. The number of amides is 2. The van der Waals surface area contributed by atoms with Crippen molar-refractivity contribution in [1.29, 1.82) is 0 Å². The summed E-state index contributed by atoms with van der Waals surface area (Å²) in [5, 5.41) is 16.4. The second-order valence-electron chi connectivity index (χ2n) is 9.89. The Kier molecular flexibility index (Phi) is 9.34. The molecule has 0 spiro atoms. The number of anilines is 1. The Hall–Kier alpha value is -3.99. The molecule has 2 aliphatic rings. The van der Waals surface area contributed by atoms with Crippen molar-refractivity contribution in [1.82, 2.24) is 35.4 Å². The molecule has 230 valence electrons. The number of halogens is 1. The first-order chi connectivity index (χ1) is 21.9. The number of carbonyl (C=O) groups is 3. The maximum atomic E-state index is 14.1. The number of nitrogens with two attached hydrogens (primary N) is 1. The molecule has 1 saturated heterocycles. The van der Waals surface area contributed by atoms with E-state index in [1.165, 1.54) is 49.4 Å². The highest BCUT2D eigenvalue weighted by atomic mass is 79.9. The number of fused-ring (bicyclic) bond motifs is 1. The lowest BCUT2D eigenvalue weighted by molar-refractivity contribution is -0.154. The van der Waals surface area contributed by atoms with Crippen molar-refractivity contribution in [3.05, 3.63) is 99.1 Å². The number of nitrogen functional groups attached to an aromatic ring is 1. The lowest BCUT2D eigenvalue weighted by atomic mass is 10.0. The van der Waals surface area contributed by atoms with Crippen LogP contribution >= 0.6 is 50.8 Å². The van der Waals surface area contributed by atoms with Gasteiger partial charge in [0, 0.05) is 23.9 Å². The van der Waals surface area contributed by atoms with Crippen LogP contribution in [0.3, 0.4) is 0 Å². The first-order valence-corrected chi connectivity index (χ1v) is 17.3. The minimum absolute atomic E-state index is 0.164. The first-order valence-electron chi connectivity index (χ1n) is 13.5. The van der Waals surface area contributed by atoms with Crippen molar-refractivity contribution < 1.29 is 19.1 Å². The number of hydrogen-bond donors (Lipinski definition) is 2. The largest absolute Gasteiger partial charge is 0.448 e. The molecule has 2 aromatic carbocycles. The van der Waals surface area contributed by atoms with Gasteiger partial charge in [0.25, 0.3) is 11.8 Å². The molecule has 45 heavy (non-hydrogen) atoms. The number of rotatable bonds is 10. The number of thioether (sulfide) groups is 2. The summed E-state index contributed by atoms with van der Waals surface area (Å²) in [6, 6.07) is 18.0. The normalized spacial score (nSPS) is 18.1. The number of β-lactam (4-membered cyclic amide) rings is 1. The van der Waals surface area contributed by atoms with Crippen LogP contribution in [0.25, 0.3) is 5.57 Å². The molecule has 6 rings (SSSR count). The van der Waals surface area contributed by atoms with Crippen LogP contribution in [0.2, 0.25) is 0 Å². The van der Waals surface area contributed by atoms with E-state index in [-0.39, 0.29) is 11.3 Å². The predicted molar refractivity (Wildman–Crippen MR) is 176 cm³/mol. The minimum Gasteiger partial charge on any atom is -0.448 e. The maximum Gasteiger partial charge on any atom is 0.356 e. The van der Waals surface area contributed by atoms with Crippen LogP contribution in [-0.2, 0) is 26.2 Å². The van der Waals surface area contributed by atoms with Crippen molar-refractivity contribution in [2.75, 3.05) is 17.2 Å². The summed E-state index contributed by atoms with van der Waals surface area (Å²) in [5.41, 5.74) is 8.82. The van der Waals surface area contributed by atoms with Gasteiger partial charge in [-0.2, -0.15) is 0 Å². The Labute approximate surface area is 278 Å². The van der Waals surface area contributed by atoms with Gasteiger partial charge in [0.15, 0.2) is 11.2 Å². The summed E-state index contributed by atoms with van der Waals surface area (Å²) in [7, 11) is 1.73. The molecular weight excluding hydrogens is 700 g/mol. The summed E-state index contributed by atoms with van der Waals surface area (Å²) in [4.78, 5) is 48.1. The van der Waals surface area contributed by atoms with Crippen LogP contribution in [0, 0.1) is 0 Å². The number of aromatic nitrogens is 5. The minimum atomic E-state index is -0.861. The van der Waals surface area contributed by atoms with Crippen molar-refractivity contribution in [2.45, 2.75) is 22.7 Å². The zero-order chi connectivity index (χ0) is 31.5. The van der Waals surface area contributed by atoms with Crippen LogP contribution in [0.15, 0.2) is 87.5 Å². The average molecular weight is 726 g/mol. The molecule has 0 saturated carbocycles. The molecule has 3 N–H and O–H groups in total. The van der Waals surface area contributed by atoms with Gasteiger partial charge in [0.2, 0.25) is 5.16 Å². The number of benzene rings is 2. The number of ether oxygens (including phenoxy) is 1. The number of esters is 1. The van der Waals surface area contributed by atoms with Crippen LogP contribution < -0.4 is 11.1 Å². The lowest BCUT2D eigenvalue weighted by Crippen LogP contribution is -2.70. The third-order valence-corrected chi connectivity index (χ3v) is 10.6.